The Kier molecular flexibility index (Phi) is 8.13. The Morgan fingerprint density at radius 1 is 1.00 bits per heavy atom. The fourth-order valence-corrected chi connectivity index (χ4v) is 3.52. The zero-order chi connectivity index (χ0) is 22.9. The van der Waals surface area contributed by atoms with Gasteiger partial charge in [-0.2, -0.15) is 5.26 Å². The van der Waals surface area contributed by atoms with Gasteiger partial charge in [0.1, 0.15) is 18.8 Å². The zero-order valence-corrected chi connectivity index (χ0v) is 18.8. The first kappa shape index (κ1) is 23.2. The molecule has 0 aliphatic carbocycles. The van der Waals surface area contributed by atoms with E-state index < -0.39 is 12.2 Å². The Morgan fingerprint density at radius 2 is 1.66 bits per heavy atom. The Bertz CT molecular complexity index is 1040. The van der Waals surface area contributed by atoms with Gasteiger partial charge >= 0.3 is 0 Å². The molecule has 1 amide bonds. The van der Waals surface area contributed by atoms with Gasteiger partial charge in [-0.15, -0.1) is 0 Å². The Labute approximate surface area is 190 Å². The summed E-state index contributed by atoms with van der Waals surface area (Å²) in [6, 6.07) is 24.1. The third kappa shape index (κ3) is 6.26. The molecule has 1 N–H and O–H groups in total. The lowest BCUT2D eigenvalue weighted by Gasteiger charge is -2.26. The van der Waals surface area contributed by atoms with E-state index in [-0.39, 0.29) is 18.4 Å². The van der Waals surface area contributed by atoms with E-state index in [9.17, 15) is 4.79 Å². The maximum Gasteiger partial charge on any atom is 0.250 e. The molecule has 1 heterocycles. The van der Waals surface area contributed by atoms with Crippen molar-refractivity contribution >= 4 is 5.91 Å². The van der Waals surface area contributed by atoms with Crippen LogP contribution in [0.2, 0.25) is 0 Å². The highest BCUT2D eigenvalue weighted by Gasteiger charge is 2.26. The predicted octanol–water partition coefficient (Wildman–Crippen LogP) is 5.22. The molecule has 3 aromatic rings. The number of rotatable bonds is 9. The molecular weight excluding hydrogens is 398 g/mol. The average Bonchev–Trinajstić information content (AvgIpc) is 2.81. The number of carbonyl (C=O) groups excluding carboxylic acids is 1. The quantitative estimate of drug-likeness (QED) is 0.475. The van der Waals surface area contributed by atoms with Crippen molar-refractivity contribution in [3.05, 3.63) is 89.7 Å². The number of nitrogens with one attached hydrogen (secondary N) is 1. The van der Waals surface area contributed by atoms with Gasteiger partial charge in [-0.3, -0.25) is 9.78 Å². The molecule has 0 fully saturated rings. The van der Waals surface area contributed by atoms with Crippen molar-refractivity contribution in [2.24, 2.45) is 5.92 Å². The van der Waals surface area contributed by atoms with E-state index in [1.54, 1.807) is 0 Å². The SMILES string of the molecule is Cc1ccc(-c2ccc([C@H](O[C@@H](CC(C)C)C(=O)NCC#N)c3ccccc3)cc2)cn1. The lowest BCUT2D eigenvalue weighted by molar-refractivity contribution is -0.136. The summed E-state index contributed by atoms with van der Waals surface area (Å²) < 4.78 is 6.42. The Morgan fingerprint density at radius 3 is 2.25 bits per heavy atom. The van der Waals surface area contributed by atoms with Gasteiger partial charge in [-0.05, 0) is 42.0 Å². The number of aromatic nitrogens is 1. The van der Waals surface area contributed by atoms with E-state index in [1.165, 1.54) is 0 Å². The van der Waals surface area contributed by atoms with E-state index in [0.717, 1.165) is 27.9 Å². The highest BCUT2D eigenvalue weighted by Crippen LogP contribution is 2.30. The molecule has 0 radical (unpaired) electrons. The van der Waals surface area contributed by atoms with Gasteiger partial charge in [-0.1, -0.05) is 74.5 Å². The first-order valence-electron chi connectivity index (χ1n) is 10.9. The molecular formula is C27H29N3O2. The van der Waals surface area contributed by atoms with Crippen LogP contribution < -0.4 is 5.32 Å². The monoisotopic (exact) mass is 427 g/mol. The van der Waals surface area contributed by atoms with Gasteiger partial charge in [0.25, 0.3) is 0 Å². The number of ether oxygens (including phenoxy) is 1. The molecule has 0 unspecified atom stereocenters. The number of pyridine rings is 1. The molecule has 2 atom stereocenters. The number of aryl methyl sites for hydroxylation is 1. The summed E-state index contributed by atoms with van der Waals surface area (Å²) >= 11 is 0. The van der Waals surface area contributed by atoms with Crippen molar-refractivity contribution in [1.82, 2.24) is 10.3 Å². The molecule has 0 saturated carbocycles. The van der Waals surface area contributed by atoms with Crippen LogP contribution in [0.5, 0.6) is 0 Å². The molecule has 164 valence electrons. The minimum Gasteiger partial charge on any atom is -0.356 e. The predicted molar refractivity (Wildman–Crippen MR) is 126 cm³/mol. The van der Waals surface area contributed by atoms with Crippen LogP contribution in [0.25, 0.3) is 11.1 Å². The molecule has 2 aromatic carbocycles. The van der Waals surface area contributed by atoms with Crippen LogP contribution in [0.4, 0.5) is 0 Å². The largest absolute Gasteiger partial charge is 0.356 e. The number of hydrogen-bond donors (Lipinski definition) is 1. The summed E-state index contributed by atoms with van der Waals surface area (Å²) in [5.74, 6) is 0.00389. The van der Waals surface area contributed by atoms with Crippen LogP contribution in [0.3, 0.4) is 0 Å². The van der Waals surface area contributed by atoms with Crippen LogP contribution in [0.15, 0.2) is 72.9 Å². The van der Waals surface area contributed by atoms with Crippen LogP contribution in [-0.4, -0.2) is 23.5 Å². The van der Waals surface area contributed by atoms with Crippen molar-refractivity contribution in [3.8, 4) is 17.2 Å². The topological polar surface area (TPSA) is 75.0 Å². The normalized spacial score (nSPS) is 12.7. The van der Waals surface area contributed by atoms with Crippen LogP contribution in [0.1, 0.15) is 43.2 Å². The molecule has 5 heteroatoms. The molecule has 0 bridgehead atoms. The van der Waals surface area contributed by atoms with Gasteiger partial charge in [0.2, 0.25) is 5.91 Å². The minimum absolute atomic E-state index is 0.0356. The summed E-state index contributed by atoms with van der Waals surface area (Å²) in [5, 5.41) is 11.5. The van der Waals surface area contributed by atoms with Gasteiger partial charge < -0.3 is 10.1 Å². The van der Waals surface area contributed by atoms with Crippen LogP contribution in [-0.2, 0) is 9.53 Å². The summed E-state index contributed by atoms with van der Waals surface area (Å²) in [5.41, 5.74) is 5.03. The van der Waals surface area contributed by atoms with E-state index in [2.05, 4.69) is 30.2 Å². The minimum atomic E-state index is -0.658. The van der Waals surface area contributed by atoms with Crippen molar-refractivity contribution in [1.29, 1.82) is 5.26 Å². The van der Waals surface area contributed by atoms with Crippen LogP contribution >= 0.6 is 0 Å². The number of hydrogen-bond acceptors (Lipinski definition) is 4. The molecule has 32 heavy (non-hydrogen) atoms. The van der Waals surface area contributed by atoms with Crippen molar-refractivity contribution < 1.29 is 9.53 Å². The number of nitriles is 1. The fourth-order valence-electron chi connectivity index (χ4n) is 3.52. The maximum absolute atomic E-state index is 12.7. The third-order valence-corrected chi connectivity index (χ3v) is 5.18. The maximum atomic E-state index is 12.7. The van der Waals surface area contributed by atoms with Crippen molar-refractivity contribution in [2.45, 2.75) is 39.4 Å². The second-order valence-electron chi connectivity index (χ2n) is 8.23. The first-order valence-corrected chi connectivity index (χ1v) is 10.9. The zero-order valence-electron chi connectivity index (χ0n) is 18.8. The summed E-state index contributed by atoms with van der Waals surface area (Å²) in [4.78, 5) is 17.1. The first-order chi connectivity index (χ1) is 15.5. The van der Waals surface area contributed by atoms with E-state index >= 15 is 0 Å². The molecule has 0 saturated heterocycles. The second-order valence-corrected chi connectivity index (χ2v) is 8.23. The number of carbonyl (C=O) groups is 1. The Balaban J connectivity index is 1.91. The standard InChI is InChI=1S/C27H29N3O2/c1-19(2)17-25(27(31)29-16-15-28)32-26(22-7-5-4-6-8-22)23-13-11-21(12-14-23)24-10-9-20(3)30-18-24/h4-14,18-19,25-26H,16-17H2,1-3H3,(H,29,31)/t25-,26+/m0/s1. The third-order valence-electron chi connectivity index (χ3n) is 5.18. The van der Waals surface area contributed by atoms with Crippen LogP contribution in [0, 0.1) is 24.2 Å². The second kappa shape index (κ2) is 11.2. The Hall–Kier alpha value is -3.49. The van der Waals surface area contributed by atoms with E-state index in [1.807, 2.05) is 79.9 Å². The number of amides is 1. The van der Waals surface area contributed by atoms with Gasteiger partial charge in [0.15, 0.2) is 0 Å². The average molecular weight is 428 g/mol. The van der Waals surface area contributed by atoms with E-state index in [0.29, 0.717) is 6.42 Å². The van der Waals surface area contributed by atoms with E-state index in [4.69, 9.17) is 10.00 Å². The van der Waals surface area contributed by atoms with Gasteiger partial charge in [-0.25, -0.2) is 0 Å². The summed E-state index contributed by atoms with van der Waals surface area (Å²) in [7, 11) is 0. The molecule has 3 rings (SSSR count). The number of nitrogens with zero attached hydrogens (tertiary/aromatic N) is 2. The molecule has 5 nitrogen and oxygen atoms in total. The summed E-state index contributed by atoms with van der Waals surface area (Å²) in [6.07, 6.45) is 1.37. The lowest BCUT2D eigenvalue weighted by Crippen LogP contribution is -2.38. The highest BCUT2D eigenvalue weighted by atomic mass is 16.5. The number of benzene rings is 2. The van der Waals surface area contributed by atoms with Gasteiger partial charge in [0.05, 0.1) is 6.07 Å². The highest BCUT2D eigenvalue weighted by molar-refractivity contribution is 5.81. The molecule has 0 aliphatic rings. The smallest absolute Gasteiger partial charge is 0.250 e. The summed E-state index contributed by atoms with van der Waals surface area (Å²) in [6.45, 7) is 6.03. The molecule has 0 aliphatic heterocycles. The fraction of sp³-hybridized carbons (Fsp3) is 0.296. The van der Waals surface area contributed by atoms with Crippen molar-refractivity contribution in [2.75, 3.05) is 6.54 Å². The lowest BCUT2D eigenvalue weighted by atomic mass is 9.97. The molecule has 0 spiro atoms. The van der Waals surface area contributed by atoms with Gasteiger partial charge in [0, 0.05) is 17.5 Å². The molecule has 1 aromatic heterocycles. The van der Waals surface area contributed by atoms with Crippen molar-refractivity contribution in [3.63, 3.8) is 0 Å².